The number of aliphatic hydroxyl groups excluding tert-OH is 2. The summed E-state index contributed by atoms with van der Waals surface area (Å²) in [6, 6.07) is 28.7. The third-order valence-electron chi connectivity index (χ3n) is 19.4. The van der Waals surface area contributed by atoms with Gasteiger partial charge in [-0.05, 0) is 192 Å². The second kappa shape index (κ2) is 35.3. The molecule has 2 fully saturated rings. The molecule has 584 valence electrons. The SMILES string of the molecule is CC(=O)NC1CCC(c2cc(Cl)cc3[nH]ncc23)CC1.CC(O)c1cc(Cl)cc2[nH]ncc12.CC1(C)CC(c2cc(C(F)(F)F)cc3[nH]ncc23)CCN1S(C)(=O)=O.CNCCNc1cc(Cl)cc2[nH]ncc12.CS(=O)(=O)N1CCN(c2cc(Cl)cc3[nH]ncc23)c2ccccc21.OCCc1cc(Cl)cc2[nH]ncc12. The smallest absolute Gasteiger partial charge is 0.396 e. The molecule has 25 nitrogen and oxygen atoms in total. The van der Waals surface area contributed by atoms with Gasteiger partial charge in [-0.2, -0.15) is 48.1 Å². The second-order valence-electron chi connectivity index (χ2n) is 27.7. The van der Waals surface area contributed by atoms with E-state index in [9.17, 15) is 39.9 Å². The number of aromatic nitrogens is 12. The number of halogens is 8. The maximum atomic E-state index is 13.2. The summed E-state index contributed by atoms with van der Waals surface area (Å²) in [7, 11) is -4.77. The molecule has 1 saturated heterocycles. The first kappa shape index (κ1) is 82.2. The minimum atomic E-state index is -4.45. The van der Waals surface area contributed by atoms with Crippen LogP contribution in [0.2, 0.25) is 25.1 Å². The molecule has 13 aromatic rings. The summed E-state index contributed by atoms with van der Waals surface area (Å²) in [5, 5.41) is 77.8. The van der Waals surface area contributed by atoms with E-state index < -0.39 is 43.4 Å². The zero-order valence-corrected chi connectivity index (χ0v) is 66.4. The third-order valence-corrected chi connectivity index (χ3v) is 23.1. The molecule has 16 rings (SSSR count). The van der Waals surface area contributed by atoms with Crippen molar-refractivity contribution in [1.29, 1.82) is 0 Å². The predicted molar refractivity (Wildman–Crippen MR) is 433 cm³/mol. The van der Waals surface area contributed by atoms with Crippen LogP contribution in [0.1, 0.15) is 112 Å². The molecule has 0 spiro atoms. The molecule has 11 N–H and O–H groups in total. The average molecular weight is 1650 g/mol. The van der Waals surface area contributed by atoms with Gasteiger partial charge in [-0.3, -0.25) is 39.7 Å². The lowest BCUT2D eigenvalue weighted by Gasteiger charge is -2.44. The van der Waals surface area contributed by atoms with Crippen molar-refractivity contribution in [2.75, 3.05) is 73.4 Å². The molecule has 1 amide bonds. The van der Waals surface area contributed by atoms with Crippen LogP contribution in [0.4, 0.5) is 35.9 Å². The predicted octanol–water partition coefficient (Wildman–Crippen LogP) is 15.9. The molecule has 0 bridgehead atoms. The summed E-state index contributed by atoms with van der Waals surface area (Å²) in [5.41, 5.74) is 10.6. The molecule has 110 heavy (non-hydrogen) atoms. The van der Waals surface area contributed by atoms with Crippen molar-refractivity contribution in [3.63, 3.8) is 0 Å². The number of benzene rings is 7. The van der Waals surface area contributed by atoms with Crippen LogP contribution in [0.25, 0.3) is 65.4 Å². The van der Waals surface area contributed by atoms with Gasteiger partial charge in [-0.25, -0.2) is 16.8 Å². The van der Waals surface area contributed by atoms with Crippen LogP contribution in [0, 0.1) is 0 Å². The van der Waals surface area contributed by atoms with E-state index in [0.29, 0.717) is 86.6 Å². The fourth-order valence-electron chi connectivity index (χ4n) is 14.5. The Morgan fingerprint density at radius 3 is 1.63 bits per heavy atom. The van der Waals surface area contributed by atoms with Crippen LogP contribution in [0.3, 0.4) is 0 Å². The number of fused-ring (bicyclic) bond motifs is 7. The van der Waals surface area contributed by atoms with Gasteiger partial charge in [0.1, 0.15) is 0 Å². The van der Waals surface area contributed by atoms with E-state index in [1.165, 1.54) is 32.7 Å². The number of aromatic amines is 6. The molecule has 3 aliphatic rings. The van der Waals surface area contributed by atoms with Gasteiger partial charge >= 0.3 is 6.18 Å². The number of likely N-dealkylation sites (N-methyl/N-ethyl adjacent to an activating group) is 1. The standard InChI is InChI=1S/C16H15ClN4O2S.C16H20F3N3O2S.C15H18ClN3O.C10H13ClN4.2C9H9ClN2O/c1-24(22,23)21-7-6-20(14-4-2-3-5-15(14)21)16-9-11(17)8-13-12(16)10-18-19-13;1-15(2)8-10(4-5-22(15)25(3,23)24)12-6-11(16(17,18)19)7-14-13(12)9-20-21-14;1-9(20)18-12-4-2-10(3-5-12)13-6-11(16)7-15-14(13)8-17-19-15;1-12-2-3-13-9-4-7(11)5-10-8(9)6-14-15-10;1-5(13)7-2-6(10)3-9-8(7)4-11-12-9;10-7-3-6(1-2-13)8-5-11-12-9(8)4-7/h2-5,8-10H,6-7H2,1H3,(H,18,19);6-7,9-10H,4-5,8H2,1-3H3,(H,20,21);6-8,10,12H,2-5H2,1H3,(H,17,19)(H,18,20);4-6,12-13H,2-3H2,1H3,(H,14,15);2-5,13H,1H3,(H,11,12);3-5,13H,1-2H2,(H,11,12). The van der Waals surface area contributed by atoms with Crippen molar-refractivity contribution in [2.24, 2.45) is 0 Å². The number of aliphatic hydroxyl groups is 2. The van der Waals surface area contributed by atoms with Crippen LogP contribution in [0.5, 0.6) is 0 Å². The molecule has 6 aromatic heterocycles. The Morgan fingerprint density at radius 2 is 1.07 bits per heavy atom. The number of nitrogens with one attached hydrogen (secondary N) is 9. The quantitative estimate of drug-likeness (QED) is 0.0478. The number of hydrogen-bond donors (Lipinski definition) is 11. The zero-order valence-electron chi connectivity index (χ0n) is 61.0. The maximum absolute atomic E-state index is 13.2. The second-order valence-corrected chi connectivity index (χ2v) is 33.7. The van der Waals surface area contributed by atoms with Gasteiger partial charge < -0.3 is 31.1 Å². The molecule has 1 saturated carbocycles. The molecule has 2 unspecified atom stereocenters. The normalized spacial score (nSPS) is 16.9. The third kappa shape index (κ3) is 19.9. The molecule has 7 aromatic carbocycles. The molecule has 2 aliphatic heterocycles. The van der Waals surface area contributed by atoms with Crippen molar-refractivity contribution in [3.8, 4) is 0 Å². The monoisotopic (exact) mass is 1640 g/mol. The van der Waals surface area contributed by atoms with Crippen LogP contribution < -0.4 is 25.2 Å². The Labute approximate surface area is 657 Å². The first-order valence-corrected chi connectivity index (χ1v) is 40.8. The maximum Gasteiger partial charge on any atom is 0.416 e. The van der Waals surface area contributed by atoms with Crippen LogP contribution in [-0.4, -0.2) is 169 Å². The largest absolute Gasteiger partial charge is 0.416 e. The number of anilines is 4. The number of nitrogens with zero attached hydrogens (tertiary/aromatic N) is 9. The lowest BCUT2D eigenvalue weighted by molar-refractivity contribution is -0.137. The van der Waals surface area contributed by atoms with E-state index in [1.807, 2.05) is 80.0 Å². The number of amides is 1. The topological polar surface area (TPSA) is 344 Å². The van der Waals surface area contributed by atoms with E-state index in [0.717, 1.165) is 139 Å². The highest BCUT2D eigenvalue weighted by atomic mass is 35.5. The lowest BCUT2D eigenvalue weighted by Crippen LogP contribution is -2.51. The summed E-state index contributed by atoms with van der Waals surface area (Å²) in [6.07, 6.45) is 13.5. The highest BCUT2D eigenvalue weighted by Crippen LogP contribution is 2.45. The molecule has 2 atom stereocenters. The highest BCUT2D eigenvalue weighted by molar-refractivity contribution is 7.92. The highest BCUT2D eigenvalue weighted by Gasteiger charge is 2.42. The summed E-state index contributed by atoms with van der Waals surface area (Å²) < 4.78 is 90.6. The lowest BCUT2D eigenvalue weighted by atomic mass is 9.79. The molecular weight excluding hydrogens is 1560 g/mol. The first-order chi connectivity index (χ1) is 52.3. The summed E-state index contributed by atoms with van der Waals surface area (Å²) in [5.74, 6) is 0.391. The summed E-state index contributed by atoms with van der Waals surface area (Å²) >= 11 is 30.2. The molecule has 0 radical (unpaired) electrons. The number of rotatable bonds is 13. The number of hydrogen-bond acceptors (Lipinski definition) is 16. The molecule has 8 heterocycles. The fraction of sp³-hybridized carbons (Fsp3) is 0.347. The number of alkyl halides is 3. The first-order valence-electron chi connectivity index (χ1n) is 35.2. The Kier molecular flexibility index (Phi) is 26.4. The number of carbonyl (C=O) groups excluding carboxylic acids is 1. The van der Waals surface area contributed by atoms with Gasteiger partial charge in [0.05, 0.1) is 118 Å². The van der Waals surface area contributed by atoms with Crippen LogP contribution in [-0.2, 0) is 37.4 Å². The number of H-pyrrole nitrogens is 6. The minimum absolute atomic E-state index is 0.0634. The van der Waals surface area contributed by atoms with E-state index in [4.69, 9.17) is 63.1 Å². The van der Waals surface area contributed by atoms with E-state index >= 15 is 0 Å². The van der Waals surface area contributed by atoms with E-state index in [2.05, 4.69) is 88.1 Å². The Balaban J connectivity index is 0.000000133. The summed E-state index contributed by atoms with van der Waals surface area (Å²) in [6.45, 7) is 9.99. The van der Waals surface area contributed by atoms with Gasteiger partial charge in [0.2, 0.25) is 26.0 Å². The van der Waals surface area contributed by atoms with Gasteiger partial charge in [0.15, 0.2) is 0 Å². The summed E-state index contributed by atoms with van der Waals surface area (Å²) in [4.78, 5) is 13.2. The van der Waals surface area contributed by atoms with Gasteiger partial charge in [0, 0.05) is 114 Å². The fourth-order valence-corrected chi connectivity index (χ4v) is 18.0. The number of piperidine rings is 1. The number of sulfonamides is 2. The Morgan fingerprint density at radius 1 is 0.582 bits per heavy atom. The van der Waals surface area contributed by atoms with Crippen molar-refractivity contribution in [2.45, 2.75) is 108 Å². The zero-order chi connectivity index (χ0) is 79.0. The Hall–Kier alpha value is -8.79. The van der Waals surface area contributed by atoms with Crippen molar-refractivity contribution in [1.82, 2.24) is 76.1 Å². The van der Waals surface area contributed by atoms with Crippen LogP contribution >= 0.6 is 58.0 Å². The van der Waals surface area contributed by atoms with E-state index in [1.54, 1.807) is 64.6 Å². The minimum Gasteiger partial charge on any atom is -0.396 e. The average Bonchev–Trinajstić information content (AvgIpc) is 1.18. The molecule has 1 aliphatic carbocycles. The van der Waals surface area contributed by atoms with Gasteiger partial charge in [-0.1, -0.05) is 70.1 Å². The van der Waals surface area contributed by atoms with Crippen molar-refractivity contribution >= 4 is 172 Å². The Bertz CT molecular complexity index is 5610. The molecule has 35 heteroatoms. The number of para-hydroxylation sites is 2. The van der Waals surface area contributed by atoms with E-state index in [-0.39, 0.29) is 25.0 Å². The van der Waals surface area contributed by atoms with Crippen molar-refractivity contribution < 1.29 is 45.0 Å². The van der Waals surface area contributed by atoms with Gasteiger partial charge in [0.25, 0.3) is 0 Å². The van der Waals surface area contributed by atoms with Gasteiger partial charge in [-0.15, -0.1) is 0 Å². The molecular formula is C75H84Cl5F3N18O7S2. The van der Waals surface area contributed by atoms with Crippen LogP contribution in [0.15, 0.2) is 134 Å². The number of carbonyl (C=O) groups is 1. The van der Waals surface area contributed by atoms with Crippen molar-refractivity contribution in [3.05, 3.63) is 187 Å².